The summed E-state index contributed by atoms with van der Waals surface area (Å²) in [7, 11) is 0. The maximum absolute atomic E-state index is 12.2. The van der Waals surface area contributed by atoms with Crippen molar-refractivity contribution in [3.05, 3.63) is 58.6 Å². The van der Waals surface area contributed by atoms with E-state index < -0.39 is 0 Å². The van der Waals surface area contributed by atoms with Gasteiger partial charge in [0.15, 0.2) is 6.61 Å². The Bertz CT molecular complexity index is 752. The van der Waals surface area contributed by atoms with Gasteiger partial charge in [-0.15, -0.1) is 0 Å². The first-order valence-electron chi connectivity index (χ1n) is 7.84. The number of halogens is 1. The lowest BCUT2D eigenvalue weighted by Gasteiger charge is -2.20. The molecule has 2 amide bonds. The summed E-state index contributed by atoms with van der Waals surface area (Å²) in [6, 6.07) is 14.0. The first-order chi connectivity index (χ1) is 11.7. The number of carbonyl (C=O) groups is 2. The van der Waals surface area contributed by atoms with Crippen molar-refractivity contribution in [3.8, 4) is 5.75 Å². The normalized spacial score (nSPS) is 10.9. The first-order valence-corrected chi connectivity index (χ1v) is 8.63. The van der Waals surface area contributed by atoms with Crippen LogP contribution >= 0.6 is 15.9 Å². The fraction of sp³-hybridized carbons (Fsp3) is 0.263. The molecule has 2 aromatic carbocycles. The van der Waals surface area contributed by atoms with Crippen LogP contribution in [0.4, 0.5) is 5.69 Å². The molecular weight excluding hydrogens is 384 g/mol. The highest BCUT2D eigenvalue weighted by Gasteiger charge is 2.15. The number of hydrogen-bond donors (Lipinski definition) is 2. The third-order valence-electron chi connectivity index (χ3n) is 3.08. The molecule has 0 fully saturated rings. The van der Waals surface area contributed by atoms with Crippen molar-refractivity contribution >= 4 is 33.4 Å². The first kappa shape index (κ1) is 19.0. The largest absolute Gasteiger partial charge is 0.484 e. The van der Waals surface area contributed by atoms with Crippen LogP contribution in [0.2, 0.25) is 0 Å². The van der Waals surface area contributed by atoms with Crippen LogP contribution in [0.25, 0.3) is 0 Å². The van der Waals surface area contributed by atoms with Gasteiger partial charge in [-0.2, -0.15) is 0 Å². The van der Waals surface area contributed by atoms with Gasteiger partial charge in [-0.25, -0.2) is 0 Å². The van der Waals surface area contributed by atoms with Gasteiger partial charge in [-0.05, 0) is 63.2 Å². The van der Waals surface area contributed by atoms with Crippen LogP contribution in [0.15, 0.2) is 53.0 Å². The molecule has 2 rings (SSSR count). The molecule has 0 unspecified atom stereocenters. The monoisotopic (exact) mass is 404 g/mol. The lowest BCUT2D eigenvalue weighted by Crippen LogP contribution is -2.40. The van der Waals surface area contributed by atoms with Crippen molar-refractivity contribution in [2.75, 3.05) is 11.9 Å². The zero-order chi connectivity index (χ0) is 18.4. The highest BCUT2D eigenvalue weighted by atomic mass is 79.9. The summed E-state index contributed by atoms with van der Waals surface area (Å²) in [5, 5.41) is 5.62. The van der Waals surface area contributed by atoms with Crippen molar-refractivity contribution in [3.63, 3.8) is 0 Å². The van der Waals surface area contributed by atoms with Crippen LogP contribution in [0.1, 0.15) is 31.1 Å². The van der Waals surface area contributed by atoms with Gasteiger partial charge in [0.25, 0.3) is 11.8 Å². The number of carbonyl (C=O) groups excluding carboxylic acids is 2. The van der Waals surface area contributed by atoms with Gasteiger partial charge in [0, 0.05) is 21.3 Å². The summed E-state index contributed by atoms with van der Waals surface area (Å²) in [6.45, 7) is 5.63. The molecule has 0 spiro atoms. The second-order valence-electron chi connectivity index (χ2n) is 6.58. The van der Waals surface area contributed by atoms with Gasteiger partial charge in [0.1, 0.15) is 5.75 Å². The van der Waals surface area contributed by atoms with Gasteiger partial charge >= 0.3 is 0 Å². The van der Waals surface area contributed by atoms with Crippen LogP contribution in [0, 0.1) is 0 Å². The minimum absolute atomic E-state index is 0.111. The minimum atomic E-state index is -0.325. The lowest BCUT2D eigenvalue weighted by molar-refractivity contribution is -0.118. The van der Waals surface area contributed by atoms with Crippen molar-refractivity contribution in [1.82, 2.24) is 5.32 Å². The molecule has 0 aliphatic rings. The Hall–Kier alpha value is -2.34. The van der Waals surface area contributed by atoms with Crippen LogP contribution in [-0.2, 0) is 4.79 Å². The molecule has 132 valence electrons. The van der Waals surface area contributed by atoms with Gasteiger partial charge < -0.3 is 15.4 Å². The Morgan fingerprint density at radius 1 is 1.08 bits per heavy atom. The van der Waals surface area contributed by atoms with Gasteiger partial charge in [-0.1, -0.05) is 22.0 Å². The zero-order valence-electron chi connectivity index (χ0n) is 14.4. The number of hydrogen-bond acceptors (Lipinski definition) is 3. The molecule has 0 atom stereocenters. The van der Waals surface area contributed by atoms with Crippen molar-refractivity contribution in [1.29, 1.82) is 0 Å². The average Bonchev–Trinajstić information content (AvgIpc) is 2.53. The van der Waals surface area contributed by atoms with Gasteiger partial charge in [0.05, 0.1) is 0 Å². The number of benzene rings is 2. The summed E-state index contributed by atoms with van der Waals surface area (Å²) in [5.74, 6) is 0.127. The van der Waals surface area contributed by atoms with E-state index in [2.05, 4.69) is 26.6 Å². The standard InChI is InChI=1S/C19H21BrN2O3/c1-19(2,3)22-18(24)13-5-4-6-15(11-13)21-17(23)12-25-16-9-7-14(20)8-10-16/h4-11H,12H2,1-3H3,(H,21,23)(H,22,24). The molecule has 5 nitrogen and oxygen atoms in total. The molecule has 0 radical (unpaired) electrons. The highest BCUT2D eigenvalue weighted by Crippen LogP contribution is 2.16. The Morgan fingerprint density at radius 2 is 1.76 bits per heavy atom. The van der Waals surface area contributed by atoms with E-state index in [9.17, 15) is 9.59 Å². The predicted octanol–water partition coefficient (Wildman–Crippen LogP) is 3.99. The molecule has 0 bridgehead atoms. The zero-order valence-corrected chi connectivity index (χ0v) is 16.0. The van der Waals surface area contributed by atoms with E-state index in [0.717, 1.165) is 4.47 Å². The molecule has 0 aliphatic heterocycles. The fourth-order valence-electron chi connectivity index (χ4n) is 2.03. The summed E-state index contributed by atoms with van der Waals surface area (Å²) >= 11 is 3.34. The van der Waals surface area contributed by atoms with Crippen molar-refractivity contribution in [2.45, 2.75) is 26.3 Å². The smallest absolute Gasteiger partial charge is 0.262 e. The molecule has 6 heteroatoms. The quantitative estimate of drug-likeness (QED) is 0.791. The fourth-order valence-corrected chi connectivity index (χ4v) is 2.29. The predicted molar refractivity (Wildman–Crippen MR) is 102 cm³/mol. The van der Waals surface area contributed by atoms with E-state index in [1.807, 2.05) is 32.9 Å². The van der Waals surface area contributed by atoms with Crippen LogP contribution in [0.3, 0.4) is 0 Å². The SMILES string of the molecule is CC(C)(C)NC(=O)c1cccc(NC(=O)COc2ccc(Br)cc2)c1. The van der Waals surface area contributed by atoms with Crippen molar-refractivity contribution < 1.29 is 14.3 Å². The van der Waals surface area contributed by atoms with Crippen LogP contribution < -0.4 is 15.4 Å². The molecular formula is C19H21BrN2O3. The number of nitrogens with one attached hydrogen (secondary N) is 2. The average molecular weight is 405 g/mol. The highest BCUT2D eigenvalue weighted by molar-refractivity contribution is 9.10. The second-order valence-corrected chi connectivity index (χ2v) is 7.49. The number of anilines is 1. The molecule has 0 aromatic heterocycles. The van der Waals surface area contributed by atoms with E-state index in [1.165, 1.54) is 0 Å². The summed E-state index contributed by atoms with van der Waals surface area (Å²) in [5.41, 5.74) is 0.710. The third kappa shape index (κ3) is 6.58. The Balaban J connectivity index is 1.93. The van der Waals surface area contributed by atoms with Gasteiger partial charge in [0.2, 0.25) is 0 Å². The number of rotatable bonds is 5. The molecule has 0 saturated carbocycles. The summed E-state index contributed by atoms with van der Waals surface area (Å²) in [4.78, 5) is 24.2. The number of ether oxygens (including phenoxy) is 1. The second kappa shape index (κ2) is 8.16. The maximum Gasteiger partial charge on any atom is 0.262 e. The Labute approximate surface area is 155 Å². The van der Waals surface area contributed by atoms with E-state index in [4.69, 9.17) is 4.74 Å². The summed E-state index contributed by atoms with van der Waals surface area (Å²) < 4.78 is 6.37. The molecule has 0 saturated heterocycles. The summed E-state index contributed by atoms with van der Waals surface area (Å²) in [6.07, 6.45) is 0. The molecule has 0 heterocycles. The molecule has 2 N–H and O–H groups in total. The van der Waals surface area contributed by atoms with Crippen LogP contribution in [0.5, 0.6) is 5.75 Å². The van der Waals surface area contributed by atoms with Crippen LogP contribution in [-0.4, -0.2) is 24.0 Å². The Morgan fingerprint density at radius 3 is 2.40 bits per heavy atom. The van der Waals surface area contributed by atoms with E-state index in [-0.39, 0.29) is 24.0 Å². The number of amides is 2. The van der Waals surface area contributed by atoms with E-state index in [0.29, 0.717) is 17.0 Å². The van der Waals surface area contributed by atoms with E-state index in [1.54, 1.807) is 36.4 Å². The van der Waals surface area contributed by atoms with E-state index >= 15 is 0 Å². The third-order valence-corrected chi connectivity index (χ3v) is 3.61. The maximum atomic E-state index is 12.2. The van der Waals surface area contributed by atoms with Gasteiger partial charge in [-0.3, -0.25) is 9.59 Å². The molecule has 0 aliphatic carbocycles. The topological polar surface area (TPSA) is 67.4 Å². The minimum Gasteiger partial charge on any atom is -0.484 e. The Kier molecular flexibility index (Phi) is 6.20. The molecule has 25 heavy (non-hydrogen) atoms. The molecule has 2 aromatic rings. The lowest BCUT2D eigenvalue weighted by atomic mass is 10.1. The van der Waals surface area contributed by atoms with Crippen molar-refractivity contribution in [2.24, 2.45) is 0 Å².